The molecular weight excluding hydrogens is 515 g/mol. The van der Waals surface area contributed by atoms with Gasteiger partial charge in [-0.15, -0.1) is 24.0 Å². The van der Waals surface area contributed by atoms with E-state index in [1.165, 1.54) is 32.2 Å². The summed E-state index contributed by atoms with van der Waals surface area (Å²) >= 11 is 0. The predicted octanol–water partition coefficient (Wildman–Crippen LogP) is 4.25. The highest BCUT2D eigenvalue weighted by atomic mass is 127. The number of carbonyl (C=O) groups excluding carboxylic acids is 1. The van der Waals surface area contributed by atoms with Gasteiger partial charge in [-0.1, -0.05) is 25.5 Å². The summed E-state index contributed by atoms with van der Waals surface area (Å²) in [6.07, 6.45) is 7.44. The first kappa shape index (κ1) is 26.7. The highest BCUT2D eigenvalue weighted by Crippen LogP contribution is 2.18. The molecule has 2 fully saturated rings. The molecule has 3 rings (SSSR count). The largest absolute Gasteiger partial charge is 0.357 e. The summed E-state index contributed by atoms with van der Waals surface area (Å²) in [5.41, 5.74) is 1.91. The van der Waals surface area contributed by atoms with Crippen molar-refractivity contribution < 1.29 is 4.79 Å². The van der Waals surface area contributed by atoms with Crippen molar-refractivity contribution in [1.29, 1.82) is 0 Å². The van der Waals surface area contributed by atoms with Gasteiger partial charge in [-0.2, -0.15) is 0 Å². The van der Waals surface area contributed by atoms with Crippen molar-refractivity contribution in [2.45, 2.75) is 65.0 Å². The van der Waals surface area contributed by atoms with Gasteiger partial charge in [-0.05, 0) is 63.3 Å². The Hall–Kier alpha value is -1.55. The van der Waals surface area contributed by atoms with Gasteiger partial charge in [0.1, 0.15) is 0 Å². The molecule has 0 aliphatic carbocycles. The number of hydrogen-bond acceptors (Lipinski definition) is 3. The smallest absolute Gasteiger partial charge is 0.321 e. The van der Waals surface area contributed by atoms with Crippen LogP contribution in [0.5, 0.6) is 0 Å². The summed E-state index contributed by atoms with van der Waals surface area (Å²) in [7, 11) is 0. The van der Waals surface area contributed by atoms with Crippen molar-refractivity contribution >= 4 is 41.7 Å². The summed E-state index contributed by atoms with van der Waals surface area (Å²) in [6.45, 7) is 10.7. The molecule has 7 nitrogen and oxygen atoms in total. The number of piperidine rings is 1. The number of anilines is 1. The average Bonchev–Trinajstić information content (AvgIpc) is 3.33. The molecule has 2 saturated heterocycles. The molecule has 2 aliphatic rings. The Morgan fingerprint density at radius 2 is 1.88 bits per heavy atom. The number of likely N-dealkylation sites (tertiary alicyclic amines) is 2. The van der Waals surface area contributed by atoms with E-state index in [1.807, 2.05) is 23.1 Å². The van der Waals surface area contributed by atoms with Crippen LogP contribution in [-0.2, 0) is 6.54 Å². The van der Waals surface area contributed by atoms with E-state index in [0.29, 0.717) is 6.54 Å². The first-order valence-electron chi connectivity index (χ1n) is 12.1. The third-order valence-electron chi connectivity index (χ3n) is 6.25. The molecule has 180 valence electrons. The van der Waals surface area contributed by atoms with Crippen molar-refractivity contribution in [1.82, 2.24) is 20.4 Å². The first-order valence-corrected chi connectivity index (χ1v) is 12.1. The number of urea groups is 1. The number of nitrogens with zero attached hydrogens (tertiary/aromatic N) is 3. The van der Waals surface area contributed by atoms with Gasteiger partial charge in [0.25, 0.3) is 0 Å². The summed E-state index contributed by atoms with van der Waals surface area (Å²) in [5, 5.41) is 9.85. The fourth-order valence-electron chi connectivity index (χ4n) is 4.52. The van der Waals surface area contributed by atoms with Crippen molar-refractivity contribution in [3.05, 3.63) is 29.8 Å². The third-order valence-corrected chi connectivity index (χ3v) is 6.25. The van der Waals surface area contributed by atoms with Crippen LogP contribution in [-0.4, -0.2) is 67.1 Å². The summed E-state index contributed by atoms with van der Waals surface area (Å²) in [5.74, 6) is 0.846. The Balaban J connectivity index is 0.00000363. The van der Waals surface area contributed by atoms with Crippen LogP contribution in [0, 0.1) is 0 Å². The van der Waals surface area contributed by atoms with Gasteiger partial charge in [0.05, 0.1) is 6.54 Å². The Bertz CT molecular complexity index is 722. The molecule has 0 radical (unpaired) electrons. The molecule has 2 aliphatic heterocycles. The molecule has 32 heavy (non-hydrogen) atoms. The predicted molar refractivity (Wildman–Crippen MR) is 144 cm³/mol. The van der Waals surface area contributed by atoms with Gasteiger partial charge in [-0.25, -0.2) is 9.79 Å². The minimum absolute atomic E-state index is 0. The molecule has 0 saturated carbocycles. The van der Waals surface area contributed by atoms with Gasteiger partial charge in [0.15, 0.2) is 5.96 Å². The van der Waals surface area contributed by atoms with E-state index >= 15 is 0 Å². The van der Waals surface area contributed by atoms with E-state index in [0.717, 1.165) is 68.8 Å². The van der Waals surface area contributed by atoms with E-state index in [-0.39, 0.29) is 30.0 Å². The minimum atomic E-state index is -0.00347. The Morgan fingerprint density at radius 3 is 2.62 bits per heavy atom. The van der Waals surface area contributed by atoms with Crippen LogP contribution in [0.3, 0.4) is 0 Å². The van der Waals surface area contributed by atoms with Crippen molar-refractivity contribution in [3.63, 3.8) is 0 Å². The summed E-state index contributed by atoms with van der Waals surface area (Å²) in [6, 6.07) is 8.71. The number of benzene rings is 1. The molecule has 2 amide bonds. The number of carbonyl (C=O) groups is 1. The molecule has 0 aromatic heterocycles. The lowest BCUT2D eigenvalue weighted by atomic mass is 10.0. The normalized spacial score (nSPS) is 19.4. The second-order valence-corrected chi connectivity index (χ2v) is 8.54. The average molecular weight is 557 g/mol. The second-order valence-electron chi connectivity index (χ2n) is 8.54. The van der Waals surface area contributed by atoms with Crippen molar-refractivity contribution in [2.24, 2.45) is 4.99 Å². The molecule has 0 spiro atoms. The zero-order valence-corrected chi connectivity index (χ0v) is 22.1. The maximum atomic E-state index is 12.3. The Labute approximate surface area is 210 Å². The number of aliphatic imine (C=N–C) groups is 1. The lowest BCUT2D eigenvalue weighted by molar-refractivity contribution is 0.147. The van der Waals surface area contributed by atoms with Gasteiger partial charge in [0, 0.05) is 44.5 Å². The molecule has 1 unspecified atom stereocenters. The molecule has 1 aromatic rings. The number of halogens is 1. The van der Waals surface area contributed by atoms with Crippen molar-refractivity contribution in [3.8, 4) is 0 Å². The van der Waals surface area contributed by atoms with E-state index in [2.05, 4.69) is 40.8 Å². The summed E-state index contributed by atoms with van der Waals surface area (Å²) in [4.78, 5) is 21.6. The highest BCUT2D eigenvalue weighted by Gasteiger charge is 2.20. The van der Waals surface area contributed by atoms with Crippen LogP contribution in [0.25, 0.3) is 0 Å². The van der Waals surface area contributed by atoms with E-state index in [4.69, 9.17) is 4.99 Å². The van der Waals surface area contributed by atoms with Crippen LogP contribution in [0.4, 0.5) is 10.5 Å². The van der Waals surface area contributed by atoms with E-state index in [9.17, 15) is 4.79 Å². The van der Waals surface area contributed by atoms with Crippen molar-refractivity contribution in [2.75, 3.05) is 44.6 Å². The van der Waals surface area contributed by atoms with Crippen LogP contribution in [0.1, 0.15) is 57.9 Å². The SMILES string of the molecule is CCNC(=NCc1cccc(NC(=O)N2CCCC2)c1)NCCN1CCCCC1CC.I. The Kier molecular flexibility index (Phi) is 12.2. The van der Waals surface area contributed by atoms with Gasteiger partial charge in [-0.3, -0.25) is 4.90 Å². The molecular formula is C24H41IN6O. The molecule has 0 bridgehead atoms. The third kappa shape index (κ3) is 8.42. The molecule has 2 heterocycles. The zero-order chi connectivity index (χ0) is 21.9. The molecule has 8 heteroatoms. The standard InChI is InChI=1S/C24H40N6O.HI/c1-3-22-12-5-6-14-29(22)17-13-26-23(25-4-2)27-19-20-10-9-11-21(18-20)28-24(31)30-15-7-8-16-30;/h9-11,18,22H,3-8,12-17,19H2,1-2H3,(H,28,31)(H2,25,26,27);1H. The lowest BCUT2D eigenvalue weighted by Gasteiger charge is -2.35. The highest BCUT2D eigenvalue weighted by molar-refractivity contribution is 14.0. The summed E-state index contributed by atoms with van der Waals surface area (Å²) < 4.78 is 0. The Morgan fingerprint density at radius 1 is 1.09 bits per heavy atom. The van der Waals surface area contributed by atoms with Crippen LogP contribution < -0.4 is 16.0 Å². The zero-order valence-electron chi connectivity index (χ0n) is 19.7. The fraction of sp³-hybridized carbons (Fsp3) is 0.667. The number of amides is 2. The topological polar surface area (TPSA) is 72.0 Å². The molecule has 1 aromatic carbocycles. The molecule has 1 atom stereocenters. The van der Waals surface area contributed by atoms with Crippen LogP contribution >= 0.6 is 24.0 Å². The van der Waals surface area contributed by atoms with Gasteiger partial charge >= 0.3 is 6.03 Å². The number of rotatable bonds is 8. The van der Waals surface area contributed by atoms with Crippen LogP contribution in [0.2, 0.25) is 0 Å². The first-order chi connectivity index (χ1) is 15.2. The van der Waals surface area contributed by atoms with Crippen LogP contribution in [0.15, 0.2) is 29.3 Å². The number of hydrogen-bond donors (Lipinski definition) is 3. The minimum Gasteiger partial charge on any atom is -0.357 e. The monoisotopic (exact) mass is 556 g/mol. The molecule has 3 N–H and O–H groups in total. The maximum Gasteiger partial charge on any atom is 0.321 e. The lowest BCUT2D eigenvalue weighted by Crippen LogP contribution is -2.45. The second kappa shape index (κ2) is 14.6. The van der Waals surface area contributed by atoms with E-state index in [1.54, 1.807) is 0 Å². The number of guanidine groups is 1. The quantitative estimate of drug-likeness (QED) is 0.255. The number of nitrogens with one attached hydrogen (secondary N) is 3. The van der Waals surface area contributed by atoms with Gasteiger partial charge in [0.2, 0.25) is 0 Å². The maximum absolute atomic E-state index is 12.3. The van der Waals surface area contributed by atoms with E-state index < -0.39 is 0 Å². The fourth-order valence-corrected chi connectivity index (χ4v) is 4.52. The van der Waals surface area contributed by atoms with Gasteiger partial charge < -0.3 is 20.9 Å².